The Balaban J connectivity index is 2.21. The van der Waals surface area contributed by atoms with Gasteiger partial charge in [0.2, 0.25) is 0 Å². The molecule has 4 heteroatoms. The molecule has 98 valence electrons. The van der Waals surface area contributed by atoms with Crippen molar-refractivity contribution in [1.82, 2.24) is 14.3 Å². The fourth-order valence-electron chi connectivity index (χ4n) is 2.21. The lowest BCUT2D eigenvalue weighted by molar-refractivity contribution is 0.188. The van der Waals surface area contributed by atoms with Crippen molar-refractivity contribution < 1.29 is 5.11 Å². The van der Waals surface area contributed by atoms with Crippen molar-refractivity contribution in [2.24, 2.45) is 0 Å². The third-order valence-corrected chi connectivity index (χ3v) is 3.07. The van der Waals surface area contributed by atoms with Gasteiger partial charge in [0.15, 0.2) is 0 Å². The molecule has 0 bridgehead atoms. The van der Waals surface area contributed by atoms with Gasteiger partial charge in [0.25, 0.3) is 0 Å². The van der Waals surface area contributed by atoms with Crippen LogP contribution in [0.15, 0.2) is 24.5 Å². The Labute approximate surface area is 108 Å². The van der Waals surface area contributed by atoms with Crippen LogP contribution in [0, 0.1) is 6.92 Å². The zero-order valence-electron chi connectivity index (χ0n) is 11.1. The second-order valence-electron chi connectivity index (χ2n) is 4.68. The lowest BCUT2D eigenvalue weighted by Gasteiger charge is -2.20. The highest BCUT2D eigenvalue weighted by molar-refractivity contribution is 5.41. The molecule has 18 heavy (non-hydrogen) atoms. The molecule has 0 aliphatic heterocycles. The number of aromatic nitrogens is 2. The number of aliphatic hydroxyl groups is 1. The van der Waals surface area contributed by atoms with Crippen molar-refractivity contribution in [2.75, 3.05) is 19.7 Å². The van der Waals surface area contributed by atoms with Gasteiger partial charge in [0.05, 0.1) is 18.5 Å². The van der Waals surface area contributed by atoms with Gasteiger partial charge in [-0.1, -0.05) is 13.0 Å². The molecule has 2 aromatic rings. The number of hydrogen-bond acceptors (Lipinski definition) is 3. The summed E-state index contributed by atoms with van der Waals surface area (Å²) in [6.45, 7) is 6.99. The fourth-order valence-corrected chi connectivity index (χ4v) is 2.21. The Morgan fingerprint density at radius 2 is 2.17 bits per heavy atom. The van der Waals surface area contributed by atoms with Crippen LogP contribution in [0.25, 0.3) is 5.65 Å². The monoisotopic (exact) mass is 247 g/mol. The summed E-state index contributed by atoms with van der Waals surface area (Å²) in [5.74, 6) is 0. The number of aliphatic hydroxyl groups excluding tert-OH is 1. The summed E-state index contributed by atoms with van der Waals surface area (Å²) in [6.07, 6.45) is 5.13. The van der Waals surface area contributed by atoms with Crippen LogP contribution in [0.3, 0.4) is 0 Å². The first kappa shape index (κ1) is 13.1. The van der Waals surface area contributed by atoms with E-state index in [1.165, 1.54) is 11.3 Å². The third kappa shape index (κ3) is 2.89. The number of fused-ring (bicyclic) bond motifs is 1. The van der Waals surface area contributed by atoms with Crippen molar-refractivity contribution in [3.8, 4) is 0 Å². The summed E-state index contributed by atoms with van der Waals surface area (Å²) in [4.78, 5) is 6.66. The van der Waals surface area contributed by atoms with Crippen LogP contribution in [0.1, 0.15) is 24.6 Å². The summed E-state index contributed by atoms with van der Waals surface area (Å²) >= 11 is 0. The molecule has 0 unspecified atom stereocenters. The normalized spacial score (nSPS) is 11.6. The second-order valence-corrected chi connectivity index (χ2v) is 4.68. The van der Waals surface area contributed by atoms with Crippen LogP contribution in [0.5, 0.6) is 0 Å². The Kier molecular flexibility index (Phi) is 4.33. The molecule has 0 fully saturated rings. The fraction of sp³-hybridized carbons (Fsp3) is 0.500. The number of aryl methyl sites for hydroxylation is 1. The van der Waals surface area contributed by atoms with Crippen LogP contribution < -0.4 is 0 Å². The molecule has 0 atom stereocenters. The van der Waals surface area contributed by atoms with Crippen LogP contribution in [-0.4, -0.2) is 39.1 Å². The molecule has 0 radical (unpaired) electrons. The molecule has 0 amide bonds. The standard InChI is InChI=1S/C14H21N3O/c1-3-6-16(7-8-18)11-13-9-15-14-5-4-12(2)10-17(13)14/h4-5,9-10,18H,3,6-8,11H2,1-2H3. The number of pyridine rings is 1. The Bertz CT molecular complexity index is 501. The molecule has 0 aliphatic rings. The number of rotatable bonds is 6. The molecule has 0 saturated heterocycles. The average molecular weight is 247 g/mol. The maximum Gasteiger partial charge on any atom is 0.136 e. The minimum atomic E-state index is 0.204. The molecule has 2 rings (SSSR count). The molecule has 2 aromatic heterocycles. The van der Waals surface area contributed by atoms with Gasteiger partial charge in [-0.25, -0.2) is 4.98 Å². The van der Waals surface area contributed by atoms with E-state index in [1.807, 2.05) is 12.3 Å². The van der Waals surface area contributed by atoms with Crippen LogP contribution in [0.4, 0.5) is 0 Å². The number of imidazole rings is 1. The molecule has 4 nitrogen and oxygen atoms in total. The molecule has 0 saturated carbocycles. The van der Waals surface area contributed by atoms with Crippen LogP contribution in [-0.2, 0) is 6.54 Å². The van der Waals surface area contributed by atoms with Crippen molar-refractivity contribution >= 4 is 5.65 Å². The van der Waals surface area contributed by atoms with Crippen molar-refractivity contribution in [1.29, 1.82) is 0 Å². The quantitative estimate of drug-likeness (QED) is 0.847. The number of nitrogens with zero attached hydrogens (tertiary/aromatic N) is 3. The first-order valence-corrected chi connectivity index (χ1v) is 6.50. The molecule has 0 aliphatic carbocycles. The zero-order valence-corrected chi connectivity index (χ0v) is 11.1. The minimum absolute atomic E-state index is 0.204. The SMILES string of the molecule is CCCN(CCO)Cc1cnc2ccc(C)cn12. The van der Waals surface area contributed by atoms with Gasteiger partial charge in [0.1, 0.15) is 5.65 Å². The summed E-state index contributed by atoms with van der Waals surface area (Å²) in [7, 11) is 0. The van der Waals surface area contributed by atoms with E-state index in [0.29, 0.717) is 6.54 Å². The highest BCUT2D eigenvalue weighted by Gasteiger charge is 2.08. The topological polar surface area (TPSA) is 40.8 Å². The predicted octanol–water partition coefficient (Wildman–Crippen LogP) is 1.85. The van der Waals surface area contributed by atoms with Gasteiger partial charge in [-0.3, -0.25) is 4.90 Å². The van der Waals surface area contributed by atoms with E-state index < -0.39 is 0 Å². The van der Waals surface area contributed by atoms with E-state index in [0.717, 1.165) is 25.2 Å². The smallest absolute Gasteiger partial charge is 0.136 e. The molecule has 2 heterocycles. The Morgan fingerprint density at radius 1 is 1.33 bits per heavy atom. The molecule has 1 N–H and O–H groups in total. The predicted molar refractivity (Wildman–Crippen MR) is 72.6 cm³/mol. The van der Waals surface area contributed by atoms with Crippen molar-refractivity contribution in [3.05, 3.63) is 35.8 Å². The van der Waals surface area contributed by atoms with Gasteiger partial charge < -0.3 is 9.51 Å². The largest absolute Gasteiger partial charge is 0.395 e. The van der Waals surface area contributed by atoms with E-state index >= 15 is 0 Å². The lowest BCUT2D eigenvalue weighted by Crippen LogP contribution is -2.27. The molecule has 0 aromatic carbocycles. The van der Waals surface area contributed by atoms with E-state index in [9.17, 15) is 0 Å². The van der Waals surface area contributed by atoms with Gasteiger partial charge in [0, 0.05) is 19.3 Å². The van der Waals surface area contributed by atoms with Gasteiger partial charge in [-0.05, 0) is 31.5 Å². The first-order chi connectivity index (χ1) is 8.74. The van der Waals surface area contributed by atoms with Gasteiger partial charge in [-0.2, -0.15) is 0 Å². The van der Waals surface area contributed by atoms with E-state index in [1.54, 1.807) is 0 Å². The second kappa shape index (κ2) is 5.98. The highest BCUT2D eigenvalue weighted by atomic mass is 16.3. The van der Waals surface area contributed by atoms with Gasteiger partial charge >= 0.3 is 0 Å². The number of hydrogen-bond donors (Lipinski definition) is 1. The van der Waals surface area contributed by atoms with Crippen LogP contribution >= 0.6 is 0 Å². The van der Waals surface area contributed by atoms with Crippen molar-refractivity contribution in [3.63, 3.8) is 0 Å². The van der Waals surface area contributed by atoms with E-state index in [4.69, 9.17) is 5.11 Å². The summed E-state index contributed by atoms with van der Waals surface area (Å²) in [5, 5.41) is 9.09. The molecular weight excluding hydrogens is 226 g/mol. The van der Waals surface area contributed by atoms with Crippen LogP contribution in [0.2, 0.25) is 0 Å². The highest BCUT2D eigenvalue weighted by Crippen LogP contribution is 2.11. The maximum atomic E-state index is 9.09. The average Bonchev–Trinajstić information content (AvgIpc) is 2.73. The Morgan fingerprint density at radius 3 is 2.89 bits per heavy atom. The minimum Gasteiger partial charge on any atom is -0.395 e. The molecule has 0 spiro atoms. The summed E-state index contributed by atoms with van der Waals surface area (Å²) in [6, 6.07) is 4.11. The zero-order chi connectivity index (χ0) is 13.0. The maximum absolute atomic E-state index is 9.09. The van der Waals surface area contributed by atoms with E-state index in [-0.39, 0.29) is 6.61 Å². The summed E-state index contributed by atoms with van der Waals surface area (Å²) in [5.41, 5.74) is 3.39. The third-order valence-electron chi connectivity index (χ3n) is 3.07. The Hall–Kier alpha value is -1.39. The molecular formula is C14H21N3O. The first-order valence-electron chi connectivity index (χ1n) is 6.50. The van der Waals surface area contributed by atoms with Crippen molar-refractivity contribution in [2.45, 2.75) is 26.8 Å². The van der Waals surface area contributed by atoms with E-state index in [2.05, 4.69) is 40.4 Å². The lowest BCUT2D eigenvalue weighted by atomic mass is 10.3. The summed E-state index contributed by atoms with van der Waals surface area (Å²) < 4.78 is 2.13. The van der Waals surface area contributed by atoms with Gasteiger partial charge in [-0.15, -0.1) is 0 Å².